The molecule has 0 saturated carbocycles. The highest BCUT2D eigenvalue weighted by Gasteiger charge is 2.20. The van der Waals surface area contributed by atoms with Crippen molar-refractivity contribution in [1.82, 2.24) is 19.7 Å². The number of aromatic nitrogens is 4. The van der Waals surface area contributed by atoms with Gasteiger partial charge in [-0.05, 0) is 23.6 Å². The molecule has 3 aromatic carbocycles. The fourth-order valence-electron chi connectivity index (χ4n) is 3.75. The van der Waals surface area contributed by atoms with E-state index in [1.165, 1.54) is 18.5 Å². The van der Waals surface area contributed by atoms with Crippen LogP contribution in [0.2, 0.25) is 0 Å². The molecule has 0 fully saturated rings. The maximum Gasteiger partial charge on any atom is 0.259 e. The number of aryl methyl sites for hydroxylation is 1. The maximum absolute atomic E-state index is 13.1. The van der Waals surface area contributed by atoms with Gasteiger partial charge in [-0.25, -0.2) is 9.97 Å². The molecule has 0 radical (unpaired) electrons. The number of amides is 2. The minimum Gasteiger partial charge on any atom is -0.505 e. The predicted octanol–water partition coefficient (Wildman–Crippen LogP) is 3.99. The molecule has 0 bridgehead atoms. The zero-order valence-corrected chi connectivity index (χ0v) is 18.4. The normalized spacial score (nSPS) is 11.3. The largest absolute Gasteiger partial charge is 0.505 e. The summed E-state index contributed by atoms with van der Waals surface area (Å²) >= 11 is 0. The number of primary amides is 1. The van der Waals surface area contributed by atoms with Crippen LogP contribution in [0.4, 0.5) is 17.2 Å². The average molecular weight is 466 g/mol. The molecule has 0 aliphatic heterocycles. The molecular formula is C24H18N8O3. The Balaban J connectivity index is 1.61. The van der Waals surface area contributed by atoms with Gasteiger partial charge >= 0.3 is 0 Å². The first-order valence-corrected chi connectivity index (χ1v) is 10.4. The summed E-state index contributed by atoms with van der Waals surface area (Å²) in [5.41, 5.74) is 6.97. The number of para-hydroxylation sites is 1. The first kappa shape index (κ1) is 21.6. The summed E-state index contributed by atoms with van der Waals surface area (Å²) in [5, 5.41) is 27.6. The molecule has 2 amide bonds. The molecule has 2 aromatic heterocycles. The van der Waals surface area contributed by atoms with Crippen LogP contribution in [0.25, 0.3) is 21.8 Å². The molecule has 5 rings (SSSR count). The number of nitrogens with zero attached hydrogens (tertiary/aromatic N) is 6. The summed E-state index contributed by atoms with van der Waals surface area (Å²) < 4.78 is 1.57. The fraction of sp³-hybridized carbons (Fsp3) is 0.0417. The van der Waals surface area contributed by atoms with Crippen molar-refractivity contribution >= 4 is 50.8 Å². The Bertz CT molecular complexity index is 1660. The van der Waals surface area contributed by atoms with Crippen LogP contribution in [0, 0.1) is 0 Å². The van der Waals surface area contributed by atoms with E-state index >= 15 is 0 Å². The zero-order valence-electron chi connectivity index (χ0n) is 18.4. The Hall–Kier alpha value is -5.19. The van der Waals surface area contributed by atoms with Gasteiger partial charge in [0.15, 0.2) is 5.75 Å². The van der Waals surface area contributed by atoms with E-state index in [1.807, 2.05) is 0 Å². The van der Waals surface area contributed by atoms with Crippen LogP contribution in [-0.4, -0.2) is 36.7 Å². The van der Waals surface area contributed by atoms with Gasteiger partial charge in [0.1, 0.15) is 23.0 Å². The number of carbonyl (C=O) groups is 2. The van der Waals surface area contributed by atoms with Crippen molar-refractivity contribution in [3.8, 4) is 5.75 Å². The lowest BCUT2D eigenvalue weighted by Crippen LogP contribution is -2.18. The van der Waals surface area contributed by atoms with Gasteiger partial charge in [-0.15, -0.1) is 10.2 Å². The lowest BCUT2D eigenvalue weighted by atomic mass is 10.0. The third-order valence-corrected chi connectivity index (χ3v) is 5.43. The third kappa shape index (κ3) is 3.91. The van der Waals surface area contributed by atoms with Crippen molar-refractivity contribution in [1.29, 1.82) is 0 Å². The number of hydrogen-bond acceptors (Lipinski definition) is 8. The standard InChI is InChI=1S/C24H18N8O3/c1-32-20-18(11-28-32)26-12-27-23(20)31-30-19-14-7-3-2-6-13(14)10-16(21(19)33)24(35)29-17-9-5-4-8-15(17)22(25)34/h2-12,33H,1H3,(H2,25,34)(H,29,35). The zero-order chi connectivity index (χ0) is 24.5. The van der Waals surface area contributed by atoms with Crippen LogP contribution in [-0.2, 0) is 7.05 Å². The van der Waals surface area contributed by atoms with Gasteiger partial charge in [-0.2, -0.15) is 5.10 Å². The second kappa shape index (κ2) is 8.63. The lowest BCUT2D eigenvalue weighted by Gasteiger charge is -2.12. The number of nitrogens with two attached hydrogens (primary N) is 1. The van der Waals surface area contributed by atoms with Crippen LogP contribution in [0.15, 0.2) is 77.3 Å². The van der Waals surface area contributed by atoms with E-state index in [1.54, 1.807) is 60.4 Å². The molecule has 5 aromatic rings. The van der Waals surface area contributed by atoms with Gasteiger partial charge < -0.3 is 16.2 Å². The van der Waals surface area contributed by atoms with Gasteiger partial charge in [0.2, 0.25) is 5.82 Å². The number of phenolic OH excluding ortho intramolecular Hbond substituents is 1. The SMILES string of the molecule is Cn1ncc2ncnc(N=Nc3c(O)c(C(=O)Nc4ccccc4C(N)=O)cc4ccccc34)c21. The lowest BCUT2D eigenvalue weighted by molar-refractivity contribution is 0.100. The monoisotopic (exact) mass is 466 g/mol. The van der Waals surface area contributed by atoms with E-state index in [4.69, 9.17) is 5.73 Å². The molecule has 2 heterocycles. The molecule has 11 heteroatoms. The van der Waals surface area contributed by atoms with Crippen molar-refractivity contribution in [2.45, 2.75) is 0 Å². The molecule has 4 N–H and O–H groups in total. The van der Waals surface area contributed by atoms with Crippen LogP contribution in [0.5, 0.6) is 5.75 Å². The van der Waals surface area contributed by atoms with Crippen LogP contribution in [0.1, 0.15) is 20.7 Å². The number of anilines is 1. The van der Waals surface area contributed by atoms with E-state index in [9.17, 15) is 14.7 Å². The summed E-state index contributed by atoms with van der Waals surface area (Å²) in [7, 11) is 1.73. The number of benzene rings is 3. The summed E-state index contributed by atoms with van der Waals surface area (Å²) in [4.78, 5) is 33.2. The number of phenols is 1. The van der Waals surface area contributed by atoms with Crippen LogP contribution in [0.3, 0.4) is 0 Å². The highest BCUT2D eigenvalue weighted by atomic mass is 16.3. The molecule has 0 saturated heterocycles. The second-order valence-corrected chi connectivity index (χ2v) is 7.61. The van der Waals surface area contributed by atoms with Gasteiger partial charge in [0, 0.05) is 12.4 Å². The molecule has 35 heavy (non-hydrogen) atoms. The van der Waals surface area contributed by atoms with Crippen molar-refractivity contribution in [3.63, 3.8) is 0 Å². The topological polar surface area (TPSA) is 161 Å². The first-order valence-electron chi connectivity index (χ1n) is 10.4. The van der Waals surface area contributed by atoms with Gasteiger partial charge in [0.05, 0.1) is 23.0 Å². The highest BCUT2D eigenvalue weighted by Crippen LogP contribution is 2.40. The number of aromatic hydroxyl groups is 1. The molecule has 0 atom stereocenters. The van der Waals surface area contributed by atoms with E-state index < -0.39 is 11.8 Å². The van der Waals surface area contributed by atoms with Crippen molar-refractivity contribution in [2.75, 3.05) is 5.32 Å². The molecule has 11 nitrogen and oxygen atoms in total. The number of hydrogen-bond donors (Lipinski definition) is 3. The molecule has 172 valence electrons. The number of azo groups is 1. The van der Waals surface area contributed by atoms with E-state index in [-0.39, 0.29) is 34.1 Å². The van der Waals surface area contributed by atoms with Gasteiger partial charge in [-0.3, -0.25) is 14.3 Å². The minimum absolute atomic E-state index is 0.0507. The van der Waals surface area contributed by atoms with Crippen molar-refractivity contribution < 1.29 is 14.7 Å². The van der Waals surface area contributed by atoms with Crippen LogP contribution >= 0.6 is 0 Å². The number of rotatable bonds is 5. The summed E-state index contributed by atoms with van der Waals surface area (Å²) in [5.74, 6) is -1.46. The van der Waals surface area contributed by atoms with E-state index in [0.29, 0.717) is 21.8 Å². The Morgan fingerprint density at radius 3 is 2.63 bits per heavy atom. The highest BCUT2D eigenvalue weighted by molar-refractivity contribution is 6.13. The predicted molar refractivity (Wildman–Crippen MR) is 129 cm³/mol. The first-order chi connectivity index (χ1) is 16.9. The summed E-state index contributed by atoms with van der Waals surface area (Å²) in [6, 6.07) is 15.0. The molecular weight excluding hydrogens is 448 g/mol. The maximum atomic E-state index is 13.1. The number of fused-ring (bicyclic) bond motifs is 2. The molecule has 0 unspecified atom stereocenters. The van der Waals surface area contributed by atoms with Gasteiger partial charge in [-0.1, -0.05) is 36.4 Å². The van der Waals surface area contributed by atoms with E-state index in [2.05, 4.69) is 30.6 Å². The molecule has 0 aliphatic carbocycles. The quantitative estimate of drug-likeness (QED) is 0.332. The third-order valence-electron chi connectivity index (χ3n) is 5.43. The second-order valence-electron chi connectivity index (χ2n) is 7.61. The Labute approximate surface area is 198 Å². The number of nitrogens with one attached hydrogen (secondary N) is 1. The van der Waals surface area contributed by atoms with Crippen molar-refractivity contribution in [3.05, 3.63) is 78.2 Å². The van der Waals surface area contributed by atoms with Crippen LogP contribution < -0.4 is 11.1 Å². The fourth-order valence-corrected chi connectivity index (χ4v) is 3.75. The smallest absolute Gasteiger partial charge is 0.259 e. The average Bonchev–Trinajstić information content (AvgIpc) is 3.24. The Morgan fingerprint density at radius 2 is 1.80 bits per heavy atom. The molecule has 0 aliphatic rings. The Morgan fingerprint density at radius 1 is 1.03 bits per heavy atom. The Kier molecular flexibility index (Phi) is 5.34. The summed E-state index contributed by atoms with van der Waals surface area (Å²) in [6.07, 6.45) is 2.92. The minimum atomic E-state index is -0.690. The number of carbonyl (C=O) groups excluding carboxylic acids is 2. The van der Waals surface area contributed by atoms with Gasteiger partial charge in [0.25, 0.3) is 11.8 Å². The summed E-state index contributed by atoms with van der Waals surface area (Å²) in [6.45, 7) is 0. The van der Waals surface area contributed by atoms with E-state index in [0.717, 1.165) is 0 Å². The van der Waals surface area contributed by atoms with Crippen molar-refractivity contribution in [2.24, 2.45) is 23.0 Å². The molecule has 0 spiro atoms.